The number of nitrogens with zero attached hydrogens (tertiary/aromatic N) is 1. The minimum Gasteiger partial charge on any atom is -0.507 e. The zero-order valence-electron chi connectivity index (χ0n) is 19.5. The first-order valence-corrected chi connectivity index (χ1v) is 10.5. The van der Waals surface area contributed by atoms with Crippen LogP contribution in [0.25, 0.3) is 5.76 Å². The number of hydrogen-bond donors (Lipinski definition) is 1. The van der Waals surface area contributed by atoms with Crippen LogP contribution in [0, 0.1) is 6.92 Å². The molecule has 1 atom stereocenters. The van der Waals surface area contributed by atoms with E-state index in [9.17, 15) is 14.7 Å². The Morgan fingerprint density at radius 2 is 1.58 bits per heavy atom. The van der Waals surface area contributed by atoms with E-state index in [0.717, 1.165) is 5.56 Å². The van der Waals surface area contributed by atoms with E-state index in [0.29, 0.717) is 41.4 Å². The number of aliphatic hydroxyl groups excluding tert-OH is 1. The first-order chi connectivity index (χ1) is 15.9. The van der Waals surface area contributed by atoms with Gasteiger partial charge in [0.1, 0.15) is 5.76 Å². The summed E-state index contributed by atoms with van der Waals surface area (Å²) in [6.45, 7) is 2.61. The summed E-state index contributed by atoms with van der Waals surface area (Å²) in [5, 5.41) is 11.1. The SMILES string of the molecule is COCCCN1C(=O)C(=O)/C(=C(\O)c2ccc(C)cc2)C1c1cc(OC)c(OC)c(OC)c1. The highest BCUT2D eigenvalue weighted by Gasteiger charge is 2.46. The Hall–Kier alpha value is -3.52. The zero-order chi connectivity index (χ0) is 24.1. The fraction of sp³-hybridized carbons (Fsp3) is 0.360. The molecule has 2 aromatic rings. The Kier molecular flexibility index (Phi) is 7.60. The number of Topliss-reactive ketones (excluding diaryl/α,β-unsaturated/α-hetero) is 1. The molecule has 1 saturated heterocycles. The molecular formula is C25H29NO7. The molecule has 0 radical (unpaired) electrons. The summed E-state index contributed by atoms with van der Waals surface area (Å²) in [5.74, 6) is -0.517. The summed E-state index contributed by atoms with van der Waals surface area (Å²) in [4.78, 5) is 27.6. The van der Waals surface area contributed by atoms with E-state index in [1.807, 2.05) is 19.1 Å². The van der Waals surface area contributed by atoms with Crippen LogP contribution in [0.15, 0.2) is 42.0 Å². The lowest BCUT2D eigenvalue weighted by Gasteiger charge is -2.26. The highest BCUT2D eigenvalue weighted by molar-refractivity contribution is 6.46. The van der Waals surface area contributed by atoms with Gasteiger partial charge in [-0.05, 0) is 31.0 Å². The van der Waals surface area contributed by atoms with E-state index >= 15 is 0 Å². The number of methoxy groups -OCH3 is 4. The van der Waals surface area contributed by atoms with Crippen molar-refractivity contribution in [2.45, 2.75) is 19.4 Å². The molecule has 1 heterocycles. The van der Waals surface area contributed by atoms with Crippen molar-refractivity contribution in [3.63, 3.8) is 0 Å². The molecule has 33 heavy (non-hydrogen) atoms. The van der Waals surface area contributed by atoms with Gasteiger partial charge >= 0.3 is 0 Å². The minimum atomic E-state index is -0.836. The van der Waals surface area contributed by atoms with Gasteiger partial charge in [-0.2, -0.15) is 0 Å². The number of ketones is 1. The molecule has 0 aromatic heterocycles. The Morgan fingerprint density at radius 3 is 2.09 bits per heavy atom. The molecule has 8 heteroatoms. The van der Waals surface area contributed by atoms with Crippen LogP contribution < -0.4 is 14.2 Å². The summed E-state index contributed by atoms with van der Waals surface area (Å²) in [6, 6.07) is 9.63. The number of carbonyl (C=O) groups excluding carboxylic acids is 2. The largest absolute Gasteiger partial charge is 0.507 e. The first kappa shape index (κ1) is 24.1. The van der Waals surface area contributed by atoms with E-state index in [2.05, 4.69) is 0 Å². The maximum atomic E-state index is 13.1. The van der Waals surface area contributed by atoms with Gasteiger partial charge in [0.15, 0.2) is 11.5 Å². The normalized spacial score (nSPS) is 17.4. The summed E-state index contributed by atoms with van der Waals surface area (Å²) in [6.07, 6.45) is 0.523. The van der Waals surface area contributed by atoms with Crippen LogP contribution in [0.2, 0.25) is 0 Å². The lowest BCUT2D eigenvalue weighted by Crippen LogP contribution is -2.31. The number of rotatable bonds is 9. The van der Waals surface area contributed by atoms with E-state index in [4.69, 9.17) is 18.9 Å². The molecule has 3 rings (SSSR count). The molecule has 2 aromatic carbocycles. The lowest BCUT2D eigenvalue weighted by molar-refractivity contribution is -0.140. The fourth-order valence-electron chi connectivity index (χ4n) is 3.96. The number of likely N-dealkylation sites (tertiary alicyclic amines) is 1. The molecule has 1 amide bonds. The van der Waals surface area contributed by atoms with Crippen molar-refractivity contribution in [2.24, 2.45) is 0 Å². The minimum absolute atomic E-state index is 0.00976. The third kappa shape index (κ3) is 4.66. The molecule has 1 unspecified atom stereocenters. The number of hydrogen-bond acceptors (Lipinski definition) is 7. The van der Waals surface area contributed by atoms with Gasteiger partial charge in [-0.3, -0.25) is 9.59 Å². The number of carbonyl (C=O) groups is 2. The van der Waals surface area contributed by atoms with Crippen molar-refractivity contribution < 1.29 is 33.6 Å². The molecule has 1 N–H and O–H groups in total. The van der Waals surface area contributed by atoms with Gasteiger partial charge in [-0.1, -0.05) is 29.8 Å². The maximum Gasteiger partial charge on any atom is 0.295 e. The van der Waals surface area contributed by atoms with Crippen LogP contribution in [0.5, 0.6) is 17.2 Å². The topological polar surface area (TPSA) is 94.5 Å². The molecule has 0 aliphatic carbocycles. The van der Waals surface area contributed by atoms with Gasteiger partial charge in [-0.15, -0.1) is 0 Å². The monoisotopic (exact) mass is 455 g/mol. The van der Waals surface area contributed by atoms with Crippen molar-refractivity contribution in [3.8, 4) is 17.2 Å². The van der Waals surface area contributed by atoms with Crippen LogP contribution in [0.1, 0.15) is 29.2 Å². The van der Waals surface area contributed by atoms with Crippen molar-refractivity contribution in [1.29, 1.82) is 0 Å². The summed E-state index contributed by atoms with van der Waals surface area (Å²) in [5.41, 5.74) is 2.02. The average Bonchev–Trinajstić information content (AvgIpc) is 3.08. The third-order valence-electron chi connectivity index (χ3n) is 5.62. The van der Waals surface area contributed by atoms with Crippen LogP contribution in [0.3, 0.4) is 0 Å². The molecule has 1 fully saturated rings. The number of amides is 1. The molecule has 176 valence electrons. The standard InChI is InChI=1S/C25H29NO7/c1-15-7-9-16(10-8-15)22(27)20-21(26(11-6-12-30-2)25(29)23(20)28)17-13-18(31-3)24(33-5)19(14-17)32-4/h7-10,13-14,21,27H,6,11-12H2,1-5H3/b22-20-. The Morgan fingerprint density at radius 1 is 0.970 bits per heavy atom. The molecule has 0 bridgehead atoms. The summed E-state index contributed by atoms with van der Waals surface area (Å²) in [7, 11) is 6.04. The first-order valence-electron chi connectivity index (χ1n) is 10.5. The number of benzene rings is 2. The smallest absolute Gasteiger partial charge is 0.295 e. The van der Waals surface area contributed by atoms with Gasteiger partial charge in [0, 0.05) is 25.8 Å². The van der Waals surface area contributed by atoms with Crippen LogP contribution in [-0.2, 0) is 14.3 Å². The number of aryl methyl sites for hydroxylation is 1. The molecule has 0 spiro atoms. The van der Waals surface area contributed by atoms with Gasteiger partial charge in [0.25, 0.3) is 11.7 Å². The average molecular weight is 456 g/mol. The van der Waals surface area contributed by atoms with Crippen molar-refractivity contribution >= 4 is 17.4 Å². The van der Waals surface area contributed by atoms with Crippen molar-refractivity contribution in [2.75, 3.05) is 41.6 Å². The Balaban J connectivity index is 2.22. The highest BCUT2D eigenvalue weighted by atomic mass is 16.5. The molecular weight excluding hydrogens is 426 g/mol. The third-order valence-corrected chi connectivity index (χ3v) is 5.62. The van der Waals surface area contributed by atoms with Crippen LogP contribution >= 0.6 is 0 Å². The molecule has 0 saturated carbocycles. The van der Waals surface area contributed by atoms with Crippen LogP contribution in [0.4, 0.5) is 0 Å². The van der Waals surface area contributed by atoms with E-state index in [1.165, 1.54) is 26.2 Å². The van der Waals surface area contributed by atoms with Gasteiger partial charge in [0.2, 0.25) is 5.75 Å². The zero-order valence-corrected chi connectivity index (χ0v) is 19.5. The quantitative estimate of drug-likeness (QED) is 0.268. The second-order valence-corrected chi connectivity index (χ2v) is 7.66. The van der Waals surface area contributed by atoms with Crippen LogP contribution in [-0.4, -0.2) is 63.3 Å². The predicted octanol–water partition coefficient (Wildman–Crippen LogP) is 3.48. The van der Waals surface area contributed by atoms with Gasteiger partial charge in [0.05, 0.1) is 32.9 Å². The second kappa shape index (κ2) is 10.4. The molecule has 1 aliphatic rings. The molecule has 8 nitrogen and oxygen atoms in total. The van der Waals surface area contributed by atoms with Gasteiger partial charge in [-0.25, -0.2) is 0 Å². The lowest BCUT2D eigenvalue weighted by atomic mass is 9.94. The van der Waals surface area contributed by atoms with E-state index in [1.54, 1.807) is 31.4 Å². The van der Waals surface area contributed by atoms with E-state index in [-0.39, 0.29) is 17.9 Å². The van der Waals surface area contributed by atoms with Crippen molar-refractivity contribution in [3.05, 3.63) is 58.7 Å². The predicted molar refractivity (Wildman–Crippen MR) is 123 cm³/mol. The summed E-state index contributed by atoms with van der Waals surface area (Å²) < 4.78 is 21.5. The van der Waals surface area contributed by atoms with E-state index < -0.39 is 17.7 Å². The molecule has 1 aliphatic heterocycles. The summed E-state index contributed by atoms with van der Waals surface area (Å²) >= 11 is 0. The number of aliphatic hydroxyl groups is 1. The highest BCUT2D eigenvalue weighted by Crippen LogP contribution is 2.45. The maximum absolute atomic E-state index is 13.1. The fourth-order valence-corrected chi connectivity index (χ4v) is 3.96. The Bertz CT molecular complexity index is 1030. The number of ether oxygens (including phenoxy) is 4. The van der Waals surface area contributed by atoms with Gasteiger partial charge < -0.3 is 29.0 Å². The Labute approximate surface area is 193 Å². The van der Waals surface area contributed by atoms with Crippen molar-refractivity contribution in [1.82, 2.24) is 4.90 Å². The second-order valence-electron chi connectivity index (χ2n) is 7.66.